The molecule has 1 aliphatic heterocycles. The third-order valence-corrected chi connectivity index (χ3v) is 6.27. The number of likely N-dealkylation sites (tertiary alicyclic amines) is 1. The highest BCUT2D eigenvalue weighted by Gasteiger charge is 2.17. The fraction of sp³-hybridized carbons (Fsp3) is 0.696. The van der Waals surface area contributed by atoms with Crippen LogP contribution in [0.25, 0.3) is 10.9 Å². The van der Waals surface area contributed by atoms with Crippen molar-refractivity contribution in [3.8, 4) is 0 Å². The summed E-state index contributed by atoms with van der Waals surface area (Å²) in [5, 5.41) is 9.78. The van der Waals surface area contributed by atoms with Gasteiger partial charge in [0.05, 0.1) is 5.52 Å². The Morgan fingerprint density at radius 2 is 1.86 bits per heavy atom. The van der Waals surface area contributed by atoms with Gasteiger partial charge in [-0.1, -0.05) is 32.4 Å². The summed E-state index contributed by atoms with van der Waals surface area (Å²) in [6.07, 6.45) is 6.42. The van der Waals surface area contributed by atoms with E-state index in [9.17, 15) is 0 Å². The maximum absolute atomic E-state index is 4.94. The van der Waals surface area contributed by atoms with E-state index in [2.05, 4.69) is 64.8 Å². The van der Waals surface area contributed by atoms with Gasteiger partial charge >= 0.3 is 0 Å². The van der Waals surface area contributed by atoms with Crippen molar-refractivity contribution in [2.45, 2.75) is 65.5 Å². The summed E-state index contributed by atoms with van der Waals surface area (Å²) in [6, 6.07) is 9.27. The van der Waals surface area contributed by atoms with Gasteiger partial charge in [-0.2, -0.15) is 5.10 Å². The predicted molar refractivity (Wildman–Crippen MR) is 120 cm³/mol. The van der Waals surface area contributed by atoms with Crippen molar-refractivity contribution in [3.05, 3.63) is 24.3 Å². The van der Waals surface area contributed by atoms with Gasteiger partial charge in [0, 0.05) is 24.5 Å². The molecule has 2 aromatic rings. The SMILES string of the molecule is CCN(CC)CCCNc1nn(CCC(C)N2CCCCC2)c2ccccc12. The molecule has 1 atom stereocenters. The van der Waals surface area contributed by atoms with Crippen molar-refractivity contribution in [1.29, 1.82) is 0 Å². The lowest BCUT2D eigenvalue weighted by molar-refractivity contribution is 0.162. The Hall–Kier alpha value is -1.59. The van der Waals surface area contributed by atoms with Gasteiger partial charge in [-0.15, -0.1) is 0 Å². The van der Waals surface area contributed by atoms with Crippen molar-refractivity contribution in [2.75, 3.05) is 44.6 Å². The van der Waals surface area contributed by atoms with Crippen LogP contribution in [0.2, 0.25) is 0 Å². The highest BCUT2D eigenvalue weighted by molar-refractivity contribution is 5.90. The average Bonchev–Trinajstić information content (AvgIpc) is 3.10. The molecule has 0 amide bonds. The van der Waals surface area contributed by atoms with Crippen LogP contribution in [0, 0.1) is 0 Å². The van der Waals surface area contributed by atoms with Crippen LogP contribution in [0.15, 0.2) is 24.3 Å². The maximum atomic E-state index is 4.94. The van der Waals surface area contributed by atoms with Crippen LogP contribution in [0.5, 0.6) is 0 Å². The Morgan fingerprint density at radius 1 is 1.11 bits per heavy atom. The lowest BCUT2D eigenvalue weighted by Gasteiger charge is -2.32. The van der Waals surface area contributed by atoms with E-state index in [0.29, 0.717) is 6.04 Å². The van der Waals surface area contributed by atoms with Crippen molar-refractivity contribution >= 4 is 16.7 Å². The van der Waals surface area contributed by atoms with Crippen LogP contribution in [-0.2, 0) is 6.54 Å². The van der Waals surface area contributed by atoms with Crippen LogP contribution in [0.4, 0.5) is 5.82 Å². The second-order valence-corrected chi connectivity index (χ2v) is 8.13. The molecule has 1 N–H and O–H groups in total. The smallest absolute Gasteiger partial charge is 0.155 e. The second-order valence-electron chi connectivity index (χ2n) is 8.13. The molecule has 156 valence electrons. The summed E-state index contributed by atoms with van der Waals surface area (Å²) < 4.78 is 2.21. The second kappa shape index (κ2) is 10.8. The number of nitrogens with zero attached hydrogens (tertiary/aromatic N) is 4. The summed E-state index contributed by atoms with van der Waals surface area (Å²) in [5.74, 6) is 1.04. The minimum atomic E-state index is 0.633. The number of piperidine rings is 1. The van der Waals surface area contributed by atoms with E-state index in [1.54, 1.807) is 0 Å². The summed E-state index contributed by atoms with van der Waals surface area (Å²) in [6.45, 7) is 14.7. The fourth-order valence-electron chi connectivity index (χ4n) is 4.33. The molecule has 1 unspecified atom stereocenters. The number of rotatable bonds is 11. The Balaban J connectivity index is 1.58. The van der Waals surface area contributed by atoms with Gasteiger partial charge in [-0.05, 0) is 77.5 Å². The number of anilines is 1. The molecule has 1 aliphatic rings. The zero-order valence-corrected chi connectivity index (χ0v) is 18.2. The predicted octanol–water partition coefficient (Wildman–Crippen LogP) is 4.44. The topological polar surface area (TPSA) is 36.3 Å². The molecule has 0 spiro atoms. The molecule has 0 radical (unpaired) electrons. The highest BCUT2D eigenvalue weighted by atomic mass is 15.3. The van der Waals surface area contributed by atoms with Crippen molar-refractivity contribution < 1.29 is 0 Å². The third kappa shape index (κ3) is 5.48. The molecule has 28 heavy (non-hydrogen) atoms. The van der Waals surface area contributed by atoms with Gasteiger partial charge in [0.1, 0.15) is 0 Å². The molecule has 5 nitrogen and oxygen atoms in total. The summed E-state index contributed by atoms with van der Waals surface area (Å²) >= 11 is 0. The first-order chi connectivity index (χ1) is 13.7. The summed E-state index contributed by atoms with van der Waals surface area (Å²) in [5.41, 5.74) is 1.25. The van der Waals surface area contributed by atoms with E-state index in [4.69, 9.17) is 5.10 Å². The van der Waals surface area contributed by atoms with Crippen LogP contribution in [0.1, 0.15) is 52.9 Å². The minimum absolute atomic E-state index is 0.633. The van der Waals surface area contributed by atoms with Crippen molar-refractivity contribution in [3.63, 3.8) is 0 Å². The molecule has 3 rings (SSSR count). The zero-order valence-electron chi connectivity index (χ0n) is 18.2. The van der Waals surface area contributed by atoms with Gasteiger partial charge in [0.15, 0.2) is 5.82 Å². The molecule has 2 heterocycles. The Labute approximate surface area is 171 Å². The molecule has 0 bridgehead atoms. The van der Waals surface area contributed by atoms with Crippen LogP contribution >= 0.6 is 0 Å². The first-order valence-electron chi connectivity index (χ1n) is 11.4. The Bertz CT molecular complexity index is 700. The van der Waals surface area contributed by atoms with Crippen LogP contribution in [-0.4, -0.2) is 64.9 Å². The number of fused-ring (bicyclic) bond motifs is 1. The molecule has 1 aromatic heterocycles. The summed E-state index contributed by atoms with van der Waals surface area (Å²) in [7, 11) is 0. The number of nitrogens with one attached hydrogen (secondary N) is 1. The molecule has 0 saturated carbocycles. The first-order valence-corrected chi connectivity index (χ1v) is 11.4. The molecule has 1 saturated heterocycles. The zero-order chi connectivity index (χ0) is 19.8. The Morgan fingerprint density at radius 3 is 2.61 bits per heavy atom. The lowest BCUT2D eigenvalue weighted by atomic mass is 10.1. The standard InChI is InChI=1S/C23H39N5/c1-4-26(5-2)16-11-15-24-23-21-12-7-8-13-22(21)28(25-23)19-14-20(3)27-17-9-6-10-18-27/h7-8,12-13,20H,4-6,9-11,14-19H2,1-3H3,(H,24,25). The first kappa shape index (κ1) is 21.1. The van der Waals surface area contributed by atoms with Gasteiger partial charge in [0.2, 0.25) is 0 Å². The van der Waals surface area contributed by atoms with E-state index in [1.165, 1.54) is 43.3 Å². The monoisotopic (exact) mass is 385 g/mol. The molecule has 1 aromatic carbocycles. The number of aromatic nitrogens is 2. The van der Waals surface area contributed by atoms with E-state index in [0.717, 1.165) is 51.4 Å². The van der Waals surface area contributed by atoms with Crippen LogP contribution in [0.3, 0.4) is 0 Å². The fourth-order valence-corrected chi connectivity index (χ4v) is 4.33. The molecule has 1 fully saturated rings. The van der Waals surface area contributed by atoms with Crippen molar-refractivity contribution in [2.24, 2.45) is 0 Å². The van der Waals surface area contributed by atoms with Crippen LogP contribution < -0.4 is 5.32 Å². The third-order valence-electron chi connectivity index (χ3n) is 6.27. The number of para-hydroxylation sites is 1. The van der Waals surface area contributed by atoms with E-state index >= 15 is 0 Å². The quantitative estimate of drug-likeness (QED) is 0.580. The van der Waals surface area contributed by atoms with E-state index in [-0.39, 0.29) is 0 Å². The normalized spacial score (nSPS) is 16.7. The maximum Gasteiger partial charge on any atom is 0.155 e. The van der Waals surface area contributed by atoms with Gasteiger partial charge in [0.25, 0.3) is 0 Å². The number of hydrogen-bond donors (Lipinski definition) is 1. The van der Waals surface area contributed by atoms with Crippen molar-refractivity contribution in [1.82, 2.24) is 19.6 Å². The number of benzene rings is 1. The average molecular weight is 386 g/mol. The van der Waals surface area contributed by atoms with E-state index < -0.39 is 0 Å². The largest absolute Gasteiger partial charge is 0.368 e. The molecule has 0 aliphatic carbocycles. The Kier molecular flexibility index (Phi) is 8.16. The minimum Gasteiger partial charge on any atom is -0.368 e. The summed E-state index contributed by atoms with van der Waals surface area (Å²) in [4.78, 5) is 5.13. The van der Waals surface area contributed by atoms with Gasteiger partial charge in [-0.25, -0.2) is 0 Å². The highest BCUT2D eigenvalue weighted by Crippen LogP contribution is 2.23. The molecular weight excluding hydrogens is 346 g/mol. The lowest BCUT2D eigenvalue weighted by Crippen LogP contribution is -2.37. The number of hydrogen-bond acceptors (Lipinski definition) is 4. The molecular formula is C23H39N5. The van der Waals surface area contributed by atoms with Gasteiger partial charge < -0.3 is 15.1 Å². The molecule has 5 heteroatoms. The van der Waals surface area contributed by atoms with E-state index in [1.807, 2.05) is 0 Å². The van der Waals surface area contributed by atoms with Gasteiger partial charge in [-0.3, -0.25) is 4.68 Å². The number of aryl methyl sites for hydroxylation is 1.